The van der Waals surface area contributed by atoms with Gasteiger partial charge in [-0.05, 0) is 64.7 Å². The molecule has 3 rings (SSSR count). The molecule has 2 amide bonds. The zero-order valence-electron chi connectivity index (χ0n) is 20.4. The normalized spacial score (nSPS) is 14.4. The van der Waals surface area contributed by atoms with Crippen molar-refractivity contribution >= 4 is 41.0 Å². The largest absolute Gasteiger partial charge is 0.493 e. The molecule has 0 aliphatic heterocycles. The van der Waals surface area contributed by atoms with E-state index in [-0.39, 0.29) is 24.9 Å². The first-order chi connectivity index (χ1) is 16.6. The number of carbonyl (C=O) groups is 2. The number of hydrogen-bond donors (Lipinski definition) is 2. The molecule has 0 unspecified atom stereocenters. The Morgan fingerprint density at radius 3 is 2.77 bits per heavy atom. The van der Waals surface area contributed by atoms with Crippen LogP contribution in [0.2, 0.25) is 5.02 Å². The van der Waals surface area contributed by atoms with Gasteiger partial charge in [-0.3, -0.25) is 4.79 Å². The van der Waals surface area contributed by atoms with E-state index in [1.807, 2.05) is 25.1 Å². The number of rotatable bonds is 11. The summed E-state index contributed by atoms with van der Waals surface area (Å²) in [6.07, 6.45) is 7.49. The molecule has 0 radical (unpaired) electrons. The van der Waals surface area contributed by atoms with Crippen LogP contribution in [-0.4, -0.2) is 41.8 Å². The lowest BCUT2D eigenvalue weighted by molar-refractivity contribution is -0.121. The highest BCUT2D eigenvalue weighted by Gasteiger charge is 2.22. The van der Waals surface area contributed by atoms with E-state index < -0.39 is 11.7 Å². The molecule has 1 heterocycles. The fourth-order valence-corrected chi connectivity index (χ4v) is 3.75. The first kappa shape index (κ1) is 26.8. The van der Waals surface area contributed by atoms with Crippen molar-refractivity contribution in [3.63, 3.8) is 0 Å². The number of amides is 2. The topological polar surface area (TPSA) is 98.8 Å². The number of nitrogens with one attached hydrogen (secondary N) is 2. The highest BCUT2D eigenvalue weighted by atomic mass is 35.5. The van der Waals surface area contributed by atoms with Crippen LogP contribution in [0.25, 0.3) is 6.08 Å². The van der Waals surface area contributed by atoms with Crippen molar-refractivity contribution in [3.05, 3.63) is 40.4 Å². The molecule has 1 atom stereocenters. The predicted molar refractivity (Wildman–Crippen MR) is 137 cm³/mol. The summed E-state index contributed by atoms with van der Waals surface area (Å²) < 4.78 is 16.7. The average molecular weight is 522 g/mol. The molecular formula is C25H32ClN3O5S. The van der Waals surface area contributed by atoms with E-state index in [0.717, 1.165) is 17.2 Å². The van der Waals surface area contributed by atoms with E-state index in [4.69, 9.17) is 25.8 Å². The van der Waals surface area contributed by atoms with Gasteiger partial charge in [0.05, 0.1) is 16.5 Å². The highest BCUT2D eigenvalue weighted by Crippen LogP contribution is 2.35. The Bertz CT molecular complexity index is 1050. The van der Waals surface area contributed by atoms with Gasteiger partial charge in [0, 0.05) is 31.3 Å². The molecule has 0 saturated heterocycles. The number of ether oxygens (including phenoxy) is 3. The van der Waals surface area contributed by atoms with Gasteiger partial charge in [-0.15, -0.1) is 0 Å². The minimum atomic E-state index is -0.575. The Hall–Kier alpha value is -2.78. The molecule has 0 bridgehead atoms. The second-order valence-corrected chi connectivity index (χ2v) is 10.8. The Labute approximate surface area is 215 Å². The van der Waals surface area contributed by atoms with Crippen LogP contribution in [0.4, 0.5) is 4.79 Å². The van der Waals surface area contributed by atoms with E-state index in [2.05, 4.69) is 15.6 Å². The van der Waals surface area contributed by atoms with Crippen LogP contribution in [-0.2, 0) is 9.53 Å². The number of hydrogen-bond acceptors (Lipinski definition) is 7. The summed E-state index contributed by atoms with van der Waals surface area (Å²) in [5.74, 6) is 1.74. The Kier molecular flexibility index (Phi) is 9.40. The molecule has 1 saturated carbocycles. The molecule has 8 nitrogen and oxygen atoms in total. The first-order valence-corrected chi connectivity index (χ1v) is 12.8. The van der Waals surface area contributed by atoms with Crippen molar-refractivity contribution in [1.82, 2.24) is 15.6 Å². The van der Waals surface area contributed by atoms with Gasteiger partial charge >= 0.3 is 6.09 Å². The molecular weight excluding hydrogens is 490 g/mol. The van der Waals surface area contributed by atoms with E-state index in [1.54, 1.807) is 39.1 Å². The molecule has 2 aromatic rings. The van der Waals surface area contributed by atoms with E-state index in [0.29, 0.717) is 21.9 Å². The number of halogens is 1. The molecule has 1 fully saturated rings. The van der Waals surface area contributed by atoms with Gasteiger partial charge in [-0.25, -0.2) is 9.78 Å². The Balaban J connectivity index is 1.40. The van der Waals surface area contributed by atoms with Crippen molar-refractivity contribution in [2.75, 3.05) is 13.2 Å². The lowest BCUT2D eigenvalue weighted by Crippen LogP contribution is -2.36. The molecule has 10 heteroatoms. The fraction of sp³-hybridized carbons (Fsp3) is 0.480. The summed E-state index contributed by atoms with van der Waals surface area (Å²) in [4.78, 5) is 28.9. The van der Waals surface area contributed by atoms with Gasteiger partial charge < -0.3 is 24.8 Å². The molecule has 1 aliphatic carbocycles. The maximum absolute atomic E-state index is 12.1. The van der Waals surface area contributed by atoms with Gasteiger partial charge in [-0.2, -0.15) is 0 Å². The van der Waals surface area contributed by atoms with Crippen molar-refractivity contribution in [2.24, 2.45) is 5.92 Å². The SMILES string of the molecule is C[C@@H](C=Cc1cnc(Oc2ccc(OCC3CC3)cc2Cl)s1)NC(=O)CCNC(=O)OC(C)(C)C. The van der Waals surface area contributed by atoms with E-state index in [9.17, 15) is 9.59 Å². The lowest BCUT2D eigenvalue weighted by atomic mass is 10.2. The molecule has 190 valence electrons. The number of carbonyl (C=O) groups excluding carboxylic acids is 2. The summed E-state index contributed by atoms with van der Waals surface area (Å²) in [6.45, 7) is 8.13. The number of alkyl carbamates (subject to hydrolysis) is 1. The summed E-state index contributed by atoms with van der Waals surface area (Å²) in [5.41, 5.74) is -0.575. The van der Waals surface area contributed by atoms with Crippen molar-refractivity contribution in [3.8, 4) is 16.7 Å². The van der Waals surface area contributed by atoms with Crippen molar-refractivity contribution < 1.29 is 23.8 Å². The van der Waals surface area contributed by atoms with Crippen LogP contribution in [0.3, 0.4) is 0 Å². The Morgan fingerprint density at radius 1 is 1.31 bits per heavy atom. The van der Waals surface area contributed by atoms with Crippen LogP contribution in [0.15, 0.2) is 30.5 Å². The van der Waals surface area contributed by atoms with E-state index >= 15 is 0 Å². The van der Waals surface area contributed by atoms with Gasteiger partial charge in [-0.1, -0.05) is 29.0 Å². The monoisotopic (exact) mass is 521 g/mol. The third-order valence-electron chi connectivity index (χ3n) is 4.74. The number of nitrogens with zero attached hydrogens (tertiary/aromatic N) is 1. The summed E-state index contributed by atoms with van der Waals surface area (Å²) in [5, 5.41) is 6.35. The predicted octanol–water partition coefficient (Wildman–Crippen LogP) is 5.81. The van der Waals surface area contributed by atoms with E-state index in [1.165, 1.54) is 24.2 Å². The lowest BCUT2D eigenvalue weighted by Gasteiger charge is -2.19. The molecule has 1 aromatic heterocycles. The van der Waals surface area contributed by atoms with Crippen LogP contribution >= 0.6 is 22.9 Å². The van der Waals surface area contributed by atoms with Gasteiger partial charge in [0.25, 0.3) is 5.19 Å². The number of benzene rings is 1. The third-order valence-corrected chi connectivity index (χ3v) is 5.88. The quantitative estimate of drug-likeness (QED) is 0.387. The molecule has 35 heavy (non-hydrogen) atoms. The summed E-state index contributed by atoms with van der Waals surface area (Å²) >= 11 is 7.70. The smallest absolute Gasteiger partial charge is 0.407 e. The van der Waals surface area contributed by atoms with Gasteiger partial charge in [0.15, 0.2) is 0 Å². The second kappa shape index (κ2) is 12.3. The maximum atomic E-state index is 12.1. The first-order valence-electron chi connectivity index (χ1n) is 11.6. The molecule has 0 spiro atoms. The highest BCUT2D eigenvalue weighted by molar-refractivity contribution is 7.14. The molecule has 1 aliphatic rings. The zero-order chi connectivity index (χ0) is 25.4. The van der Waals surface area contributed by atoms with Gasteiger partial charge in [0.1, 0.15) is 17.1 Å². The average Bonchev–Trinajstić information content (AvgIpc) is 3.48. The van der Waals surface area contributed by atoms with Crippen molar-refractivity contribution in [2.45, 2.75) is 58.6 Å². The summed E-state index contributed by atoms with van der Waals surface area (Å²) in [6, 6.07) is 5.16. The summed E-state index contributed by atoms with van der Waals surface area (Å²) in [7, 11) is 0. The van der Waals surface area contributed by atoms with Crippen LogP contribution in [0, 0.1) is 5.92 Å². The Morgan fingerprint density at radius 2 is 2.09 bits per heavy atom. The van der Waals surface area contributed by atoms with Crippen LogP contribution in [0.1, 0.15) is 51.8 Å². The molecule has 1 aromatic carbocycles. The van der Waals surface area contributed by atoms with Crippen molar-refractivity contribution in [1.29, 1.82) is 0 Å². The molecule has 2 N–H and O–H groups in total. The zero-order valence-corrected chi connectivity index (χ0v) is 22.0. The minimum Gasteiger partial charge on any atom is -0.493 e. The second-order valence-electron chi connectivity index (χ2n) is 9.37. The van der Waals surface area contributed by atoms with Crippen LogP contribution < -0.4 is 20.1 Å². The third kappa shape index (κ3) is 10.2. The maximum Gasteiger partial charge on any atom is 0.407 e. The minimum absolute atomic E-state index is 0.154. The van der Waals surface area contributed by atoms with Crippen LogP contribution in [0.5, 0.6) is 16.7 Å². The van der Waals surface area contributed by atoms with Gasteiger partial charge in [0.2, 0.25) is 5.91 Å². The number of thiazole rings is 1. The number of aromatic nitrogens is 1. The standard InChI is InChI=1S/C25H32ClN3O5S/c1-16(29-22(30)11-12-27-23(31)34-25(2,3)4)5-9-19-14-28-24(35-19)33-21-10-8-18(13-20(21)26)32-15-17-6-7-17/h5,8-10,13-14,16-17H,6-7,11-12,15H2,1-4H3,(H,27,31)(H,29,30)/t16-/m0/s1. The fourth-order valence-electron chi connectivity index (χ4n) is 2.85.